The lowest BCUT2D eigenvalue weighted by Crippen LogP contribution is -2.53. The van der Waals surface area contributed by atoms with Gasteiger partial charge in [0, 0.05) is 5.69 Å². The number of phenolic OH excluding ortho intramolecular Hbond substituents is 1. The van der Waals surface area contributed by atoms with Crippen molar-refractivity contribution < 1.29 is 29.0 Å². The first kappa shape index (κ1) is 28.6. The fourth-order valence-corrected chi connectivity index (χ4v) is 3.51. The second-order valence-electron chi connectivity index (χ2n) is 9.30. The van der Waals surface area contributed by atoms with Crippen LogP contribution >= 0.6 is 0 Å². The molecular weight excluding hydrogens is 478 g/mol. The molecule has 2 aromatic rings. The monoisotopic (exact) mass is 509 g/mol. The lowest BCUT2D eigenvalue weighted by atomic mass is 10.0. The fraction of sp³-hybridized carbons (Fsp3) is 0.346. The Labute approximate surface area is 215 Å². The van der Waals surface area contributed by atoms with Crippen LogP contribution in [0.2, 0.25) is 0 Å². The topological polar surface area (TPSA) is 175 Å². The van der Waals surface area contributed by atoms with E-state index in [2.05, 4.69) is 10.6 Å². The minimum Gasteiger partial charge on any atom is -0.508 e. The predicted octanol–water partition coefficient (Wildman–Crippen LogP) is 2.50. The molecule has 0 radical (unpaired) electrons. The summed E-state index contributed by atoms with van der Waals surface area (Å²) in [5, 5.41) is 24.6. The number of phenols is 1. The summed E-state index contributed by atoms with van der Waals surface area (Å²) in [6.07, 6.45) is -1.59. The molecule has 2 unspecified atom stereocenters. The minimum atomic E-state index is -1.52. The smallest absolute Gasteiger partial charge is 0.408 e. The van der Waals surface area contributed by atoms with Crippen LogP contribution in [0.5, 0.6) is 5.75 Å². The zero-order valence-corrected chi connectivity index (χ0v) is 21.1. The van der Waals surface area contributed by atoms with Crippen LogP contribution in [-0.4, -0.2) is 52.0 Å². The van der Waals surface area contributed by atoms with Gasteiger partial charge in [-0.1, -0.05) is 30.3 Å². The van der Waals surface area contributed by atoms with Crippen molar-refractivity contribution in [2.24, 2.45) is 5.73 Å². The number of alkyl carbamates (subject to hydrolysis) is 1. The number of aromatic hydroxyl groups is 1. The number of nitrogens with zero attached hydrogens (tertiary/aromatic N) is 2. The van der Waals surface area contributed by atoms with Gasteiger partial charge in [0.05, 0.1) is 12.5 Å². The lowest BCUT2D eigenvalue weighted by molar-refractivity contribution is -0.141. The summed E-state index contributed by atoms with van der Waals surface area (Å²) in [6.45, 7) is 6.06. The predicted molar refractivity (Wildman–Crippen MR) is 135 cm³/mol. The van der Waals surface area contributed by atoms with Gasteiger partial charge >= 0.3 is 6.09 Å². The summed E-state index contributed by atoms with van der Waals surface area (Å²) < 4.78 is 5.19. The van der Waals surface area contributed by atoms with Gasteiger partial charge < -0.3 is 31.1 Å². The molecule has 196 valence electrons. The Morgan fingerprint density at radius 1 is 1.14 bits per heavy atom. The van der Waals surface area contributed by atoms with E-state index in [0.717, 1.165) is 10.5 Å². The number of nitrogens with one attached hydrogen (secondary N) is 2. The zero-order chi connectivity index (χ0) is 27.8. The Morgan fingerprint density at radius 2 is 1.81 bits per heavy atom. The maximum absolute atomic E-state index is 13.6. The first-order chi connectivity index (χ1) is 17.3. The van der Waals surface area contributed by atoms with Crippen LogP contribution in [0, 0.1) is 18.3 Å². The van der Waals surface area contributed by atoms with Crippen LogP contribution in [0.1, 0.15) is 44.4 Å². The average molecular weight is 510 g/mol. The number of benzene rings is 2. The highest BCUT2D eigenvalue weighted by atomic mass is 16.6. The second-order valence-corrected chi connectivity index (χ2v) is 9.30. The molecule has 2 rings (SSSR count). The first-order valence-corrected chi connectivity index (χ1v) is 11.4. The number of para-hydroxylation sites is 1. The van der Waals surface area contributed by atoms with E-state index in [0.29, 0.717) is 5.69 Å². The number of hydrogen-bond donors (Lipinski definition) is 4. The molecule has 0 aromatic heterocycles. The van der Waals surface area contributed by atoms with Gasteiger partial charge in [-0.25, -0.2) is 4.79 Å². The van der Waals surface area contributed by atoms with Crippen LogP contribution in [0.15, 0.2) is 48.5 Å². The molecule has 37 heavy (non-hydrogen) atoms. The van der Waals surface area contributed by atoms with Crippen molar-refractivity contribution in [3.63, 3.8) is 0 Å². The molecule has 0 aliphatic heterocycles. The molecule has 0 aliphatic rings. The molecule has 2 aromatic carbocycles. The third-order valence-electron chi connectivity index (χ3n) is 5.07. The number of nitrogens with two attached hydrogens (primary N) is 1. The number of anilines is 1. The van der Waals surface area contributed by atoms with E-state index in [9.17, 15) is 29.5 Å². The number of amides is 4. The molecule has 0 fully saturated rings. The molecule has 0 spiro atoms. The number of primary amides is 1. The van der Waals surface area contributed by atoms with Crippen LogP contribution < -0.4 is 16.4 Å². The highest BCUT2D eigenvalue weighted by molar-refractivity contribution is 6.00. The van der Waals surface area contributed by atoms with Gasteiger partial charge in [0.2, 0.25) is 11.8 Å². The molecule has 2 atom stereocenters. The molecule has 0 bridgehead atoms. The van der Waals surface area contributed by atoms with Crippen molar-refractivity contribution >= 4 is 29.5 Å². The van der Waals surface area contributed by atoms with E-state index in [1.807, 2.05) is 6.07 Å². The summed E-state index contributed by atoms with van der Waals surface area (Å²) in [5.74, 6) is -2.67. The van der Waals surface area contributed by atoms with Crippen molar-refractivity contribution in [3.05, 3.63) is 59.7 Å². The van der Waals surface area contributed by atoms with Crippen molar-refractivity contribution in [3.8, 4) is 11.8 Å². The summed E-state index contributed by atoms with van der Waals surface area (Å²) >= 11 is 0. The number of rotatable bonds is 9. The van der Waals surface area contributed by atoms with Gasteiger partial charge in [-0.05, 0) is 57.0 Å². The molecule has 0 heterocycles. The maximum atomic E-state index is 13.6. The first-order valence-electron chi connectivity index (χ1n) is 11.4. The number of nitriles is 1. The molecule has 11 nitrogen and oxygen atoms in total. The maximum Gasteiger partial charge on any atom is 0.408 e. The highest BCUT2D eigenvalue weighted by Gasteiger charge is 2.37. The lowest BCUT2D eigenvalue weighted by Gasteiger charge is -2.32. The minimum absolute atomic E-state index is 0.170. The number of carbonyl (C=O) groups excluding carboxylic acids is 4. The highest BCUT2D eigenvalue weighted by Crippen LogP contribution is 2.27. The van der Waals surface area contributed by atoms with E-state index in [1.165, 1.54) is 24.3 Å². The Bertz CT molecular complexity index is 1200. The molecule has 4 amide bonds. The van der Waals surface area contributed by atoms with Crippen LogP contribution in [0.25, 0.3) is 0 Å². The third-order valence-corrected chi connectivity index (χ3v) is 5.07. The zero-order valence-electron chi connectivity index (χ0n) is 21.1. The van der Waals surface area contributed by atoms with Gasteiger partial charge in [0.25, 0.3) is 5.91 Å². The standard InChI is InChI=1S/C26H31N5O6/c1-16-8-5-6-11-19(16)29-23(34)22(17-9-7-10-18(32)14-17)31(13-12-27)24(35)20(15-21(28)33)30-25(36)37-26(2,3)4/h5-11,14,20,22,32H,13,15H2,1-4H3,(H2,28,33)(H,29,34)(H,30,36). The van der Waals surface area contributed by atoms with E-state index in [1.54, 1.807) is 52.0 Å². The third kappa shape index (κ3) is 8.54. The van der Waals surface area contributed by atoms with Crippen molar-refractivity contribution in [1.29, 1.82) is 5.26 Å². The molecule has 0 aliphatic carbocycles. The number of ether oxygens (including phenoxy) is 1. The molecular formula is C26H31N5O6. The quantitative estimate of drug-likeness (QED) is 0.375. The fourth-order valence-electron chi connectivity index (χ4n) is 3.51. The van der Waals surface area contributed by atoms with Gasteiger partial charge in [-0.15, -0.1) is 0 Å². The van der Waals surface area contributed by atoms with Crippen LogP contribution in [0.3, 0.4) is 0 Å². The Morgan fingerprint density at radius 3 is 2.38 bits per heavy atom. The number of aryl methyl sites for hydroxylation is 1. The van der Waals surface area contributed by atoms with Crippen LogP contribution in [0.4, 0.5) is 10.5 Å². The van der Waals surface area contributed by atoms with Gasteiger partial charge in [-0.3, -0.25) is 14.4 Å². The largest absolute Gasteiger partial charge is 0.508 e. The SMILES string of the molecule is Cc1ccccc1NC(=O)C(c1cccc(O)c1)N(CC#N)C(=O)C(CC(N)=O)NC(=O)OC(C)(C)C. The average Bonchev–Trinajstić information content (AvgIpc) is 2.78. The van der Waals surface area contributed by atoms with Crippen molar-refractivity contribution in [1.82, 2.24) is 10.2 Å². The second kappa shape index (κ2) is 12.4. The Balaban J connectivity index is 2.52. The van der Waals surface area contributed by atoms with E-state index < -0.39 is 54.5 Å². The summed E-state index contributed by atoms with van der Waals surface area (Å²) in [5.41, 5.74) is 5.85. The summed E-state index contributed by atoms with van der Waals surface area (Å²) in [7, 11) is 0. The Kier molecular flexibility index (Phi) is 9.60. The molecule has 0 saturated carbocycles. The Hall–Kier alpha value is -4.59. The summed E-state index contributed by atoms with van der Waals surface area (Å²) in [6, 6.07) is 11.5. The molecule has 0 saturated heterocycles. The van der Waals surface area contributed by atoms with Gasteiger partial charge in [0.15, 0.2) is 0 Å². The van der Waals surface area contributed by atoms with E-state index in [4.69, 9.17) is 10.5 Å². The van der Waals surface area contributed by atoms with Crippen molar-refractivity contribution in [2.75, 3.05) is 11.9 Å². The number of hydrogen-bond acceptors (Lipinski definition) is 7. The van der Waals surface area contributed by atoms with Gasteiger partial charge in [0.1, 0.15) is 30.0 Å². The molecule has 11 heteroatoms. The van der Waals surface area contributed by atoms with E-state index in [-0.39, 0.29) is 11.3 Å². The number of carbonyl (C=O) groups is 4. The summed E-state index contributed by atoms with van der Waals surface area (Å²) in [4.78, 5) is 52.2. The van der Waals surface area contributed by atoms with Crippen molar-refractivity contribution in [2.45, 2.75) is 51.8 Å². The molecule has 5 N–H and O–H groups in total. The van der Waals surface area contributed by atoms with Crippen LogP contribution in [-0.2, 0) is 19.1 Å². The van der Waals surface area contributed by atoms with E-state index >= 15 is 0 Å². The van der Waals surface area contributed by atoms with Gasteiger partial charge in [-0.2, -0.15) is 5.26 Å². The normalized spacial score (nSPS) is 12.4.